The first-order valence-corrected chi connectivity index (χ1v) is 6.68. The predicted molar refractivity (Wildman–Crippen MR) is 86.5 cm³/mol. The molecule has 1 aliphatic carbocycles. The van der Waals surface area contributed by atoms with Crippen LogP contribution in [-0.2, 0) is 4.79 Å². The SMILES string of the molecule is C=Cc1cccc2c1/C(=C/c1ccccc1)C(=O)C(O)=C2. The largest absolute Gasteiger partial charge is 0.504 e. The summed E-state index contributed by atoms with van der Waals surface area (Å²) in [6.45, 7) is 3.80. The average Bonchev–Trinajstić information content (AvgIpc) is 2.52. The van der Waals surface area contributed by atoms with E-state index in [4.69, 9.17) is 0 Å². The van der Waals surface area contributed by atoms with Gasteiger partial charge >= 0.3 is 0 Å². The molecule has 2 aromatic rings. The molecule has 1 aliphatic rings. The fraction of sp³-hybridized carbons (Fsp3) is 0. The second-order valence-corrected chi connectivity index (χ2v) is 4.84. The number of carbonyl (C=O) groups is 1. The topological polar surface area (TPSA) is 37.3 Å². The minimum Gasteiger partial charge on any atom is -0.504 e. The molecule has 0 saturated heterocycles. The quantitative estimate of drug-likeness (QED) is 0.826. The van der Waals surface area contributed by atoms with Gasteiger partial charge in [0.2, 0.25) is 5.78 Å². The van der Waals surface area contributed by atoms with E-state index >= 15 is 0 Å². The lowest BCUT2D eigenvalue weighted by atomic mass is 9.85. The van der Waals surface area contributed by atoms with E-state index in [1.165, 1.54) is 6.08 Å². The van der Waals surface area contributed by atoms with Crippen LogP contribution in [0.15, 0.2) is 60.9 Å². The van der Waals surface area contributed by atoms with Gasteiger partial charge in [0.25, 0.3) is 0 Å². The van der Waals surface area contributed by atoms with E-state index in [9.17, 15) is 9.90 Å². The molecule has 21 heavy (non-hydrogen) atoms. The number of aliphatic hydroxyl groups excluding tert-OH is 1. The monoisotopic (exact) mass is 274 g/mol. The van der Waals surface area contributed by atoms with Crippen molar-refractivity contribution < 1.29 is 9.90 Å². The van der Waals surface area contributed by atoms with Crippen LogP contribution < -0.4 is 0 Å². The molecule has 0 radical (unpaired) electrons. The van der Waals surface area contributed by atoms with Crippen LogP contribution in [0.5, 0.6) is 0 Å². The van der Waals surface area contributed by atoms with Crippen molar-refractivity contribution in [3.8, 4) is 0 Å². The molecule has 2 aromatic carbocycles. The summed E-state index contributed by atoms with van der Waals surface area (Å²) in [5.74, 6) is -0.591. The van der Waals surface area contributed by atoms with E-state index in [1.807, 2.05) is 48.5 Å². The van der Waals surface area contributed by atoms with Crippen LogP contribution in [0.2, 0.25) is 0 Å². The molecular weight excluding hydrogens is 260 g/mol. The molecule has 1 N–H and O–H groups in total. The van der Waals surface area contributed by atoms with Crippen LogP contribution in [0.3, 0.4) is 0 Å². The summed E-state index contributed by atoms with van der Waals surface area (Å²) in [4.78, 5) is 12.3. The van der Waals surface area contributed by atoms with E-state index in [-0.39, 0.29) is 11.5 Å². The van der Waals surface area contributed by atoms with Gasteiger partial charge in [-0.1, -0.05) is 61.2 Å². The van der Waals surface area contributed by atoms with Gasteiger partial charge in [-0.2, -0.15) is 0 Å². The number of hydrogen-bond acceptors (Lipinski definition) is 2. The third kappa shape index (κ3) is 2.32. The van der Waals surface area contributed by atoms with Crippen LogP contribution in [0, 0.1) is 0 Å². The maximum atomic E-state index is 12.3. The maximum Gasteiger partial charge on any atom is 0.227 e. The van der Waals surface area contributed by atoms with Gasteiger partial charge in [-0.3, -0.25) is 4.79 Å². The van der Waals surface area contributed by atoms with Gasteiger partial charge in [0.1, 0.15) is 0 Å². The second-order valence-electron chi connectivity index (χ2n) is 4.84. The van der Waals surface area contributed by atoms with Crippen molar-refractivity contribution in [2.75, 3.05) is 0 Å². The molecule has 0 bridgehead atoms. The molecule has 0 spiro atoms. The molecule has 3 rings (SSSR count). The van der Waals surface area contributed by atoms with E-state index in [2.05, 4.69) is 6.58 Å². The fourth-order valence-electron chi connectivity index (χ4n) is 2.51. The lowest BCUT2D eigenvalue weighted by Gasteiger charge is -2.18. The number of ketones is 1. The number of allylic oxidation sites excluding steroid dienone is 1. The van der Waals surface area contributed by atoms with Gasteiger partial charge in [-0.05, 0) is 28.8 Å². The highest BCUT2D eigenvalue weighted by atomic mass is 16.3. The Kier molecular flexibility index (Phi) is 3.28. The molecule has 2 nitrogen and oxygen atoms in total. The second kappa shape index (κ2) is 5.25. The summed E-state index contributed by atoms with van der Waals surface area (Å²) >= 11 is 0. The summed E-state index contributed by atoms with van der Waals surface area (Å²) < 4.78 is 0. The average molecular weight is 274 g/mol. The van der Waals surface area contributed by atoms with Crippen molar-refractivity contribution >= 4 is 29.6 Å². The highest BCUT2D eigenvalue weighted by Gasteiger charge is 2.25. The van der Waals surface area contributed by atoms with Crippen molar-refractivity contribution in [2.24, 2.45) is 0 Å². The van der Waals surface area contributed by atoms with Crippen LogP contribution in [-0.4, -0.2) is 10.9 Å². The van der Waals surface area contributed by atoms with Crippen LogP contribution in [0.25, 0.3) is 23.8 Å². The van der Waals surface area contributed by atoms with Gasteiger partial charge in [-0.15, -0.1) is 0 Å². The summed E-state index contributed by atoms with van der Waals surface area (Å²) in [7, 11) is 0. The van der Waals surface area contributed by atoms with Crippen molar-refractivity contribution in [1.82, 2.24) is 0 Å². The zero-order chi connectivity index (χ0) is 14.8. The first-order chi connectivity index (χ1) is 10.2. The number of rotatable bonds is 2. The number of Topliss-reactive ketones (excluding diaryl/α,β-unsaturated/α-hetero) is 1. The number of aliphatic hydroxyl groups is 1. The normalized spacial score (nSPS) is 15.5. The Hall–Kier alpha value is -2.87. The summed E-state index contributed by atoms with van der Waals surface area (Å²) in [6.07, 6.45) is 5.03. The Morgan fingerprint density at radius 2 is 1.76 bits per heavy atom. The van der Waals surface area contributed by atoms with Crippen molar-refractivity contribution in [3.05, 3.63) is 83.1 Å². The third-order valence-electron chi connectivity index (χ3n) is 3.50. The molecule has 0 unspecified atom stereocenters. The van der Waals surface area contributed by atoms with Gasteiger partial charge in [-0.25, -0.2) is 0 Å². The molecule has 102 valence electrons. The summed E-state index contributed by atoms with van der Waals surface area (Å²) in [5.41, 5.74) is 3.93. The highest BCUT2D eigenvalue weighted by Crippen LogP contribution is 2.34. The smallest absolute Gasteiger partial charge is 0.227 e. The molecule has 0 aromatic heterocycles. The minimum atomic E-state index is -0.361. The Morgan fingerprint density at radius 1 is 1.00 bits per heavy atom. The molecule has 0 amide bonds. The van der Waals surface area contributed by atoms with Gasteiger partial charge in [0.15, 0.2) is 5.76 Å². The number of carbonyl (C=O) groups excluding carboxylic acids is 1. The lowest BCUT2D eigenvalue weighted by Crippen LogP contribution is -2.12. The van der Waals surface area contributed by atoms with E-state index in [0.29, 0.717) is 5.57 Å². The number of hydrogen-bond donors (Lipinski definition) is 1. The number of benzene rings is 2. The summed E-state index contributed by atoms with van der Waals surface area (Å²) in [5, 5.41) is 9.88. The molecular formula is C19H14O2. The minimum absolute atomic E-state index is 0.231. The highest BCUT2D eigenvalue weighted by molar-refractivity contribution is 6.35. The fourth-order valence-corrected chi connectivity index (χ4v) is 2.51. The lowest BCUT2D eigenvalue weighted by molar-refractivity contribution is -0.112. The Bertz CT molecular complexity index is 780. The third-order valence-corrected chi connectivity index (χ3v) is 3.50. The molecule has 0 aliphatic heterocycles. The Labute approximate surface area is 123 Å². The van der Waals surface area contributed by atoms with Gasteiger partial charge < -0.3 is 5.11 Å². The zero-order valence-electron chi connectivity index (χ0n) is 11.4. The van der Waals surface area contributed by atoms with Crippen LogP contribution >= 0.6 is 0 Å². The molecule has 0 atom stereocenters. The van der Waals surface area contributed by atoms with Crippen molar-refractivity contribution in [2.45, 2.75) is 0 Å². The standard InChI is InChI=1S/C19H14O2/c1-2-14-9-6-10-15-12-17(20)19(21)16(18(14)15)11-13-7-4-3-5-8-13/h2-12,20H,1H2/b16-11-. The molecule has 2 heteroatoms. The zero-order valence-corrected chi connectivity index (χ0v) is 11.4. The first kappa shape index (κ1) is 13.1. The predicted octanol–water partition coefficient (Wildman–Crippen LogP) is 4.35. The summed E-state index contributed by atoms with van der Waals surface area (Å²) in [6, 6.07) is 15.3. The van der Waals surface area contributed by atoms with Crippen LogP contribution in [0.4, 0.5) is 0 Å². The van der Waals surface area contributed by atoms with Crippen LogP contribution in [0.1, 0.15) is 22.3 Å². The van der Waals surface area contributed by atoms with E-state index in [1.54, 1.807) is 12.2 Å². The molecule has 0 saturated carbocycles. The molecule has 0 heterocycles. The number of fused-ring (bicyclic) bond motifs is 1. The Morgan fingerprint density at radius 3 is 2.48 bits per heavy atom. The van der Waals surface area contributed by atoms with Gasteiger partial charge in [0.05, 0.1) is 0 Å². The first-order valence-electron chi connectivity index (χ1n) is 6.68. The Balaban J connectivity index is 2.27. The maximum absolute atomic E-state index is 12.3. The van der Waals surface area contributed by atoms with E-state index < -0.39 is 0 Å². The van der Waals surface area contributed by atoms with Gasteiger partial charge in [0, 0.05) is 11.1 Å². The van der Waals surface area contributed by atoms with Crippen molar-refractivity contribution in [3.63, 3.8) is 0 Å². The van der Waals surface area contributed by atoms with E-state index in [0.717, 1.165) is 22.3 Å². The molecule has 0 fully saturated rings. The van der Waals surface area contributed by atoms with Crippen molar-refractivity contribution in [1.29, 1.82) is 0 Å².